The number of rotatable bonds is 6. The molecule has 3 aromatic rings. The summed E-state index contributed by atoms with van der Waals surface area (Å²) in [5, 5.41) is 23.9. The Bertz CT molecular complexity index is 1550. The highest BCUT2D eigenvalue weighted by Gasteiger charge is 2.36. The molecule has 1 amide bonds. The number of nitrogens with one attached hydrogen (secondary N) is 1. The number of carbonyl (C=O) groups excluding carboxylic acids is 1. The molecule has 0 unspecified atom stereocenters. The first-order valence-corrected chi connectivity index (χ1v) is 16.4. The van der Waals surface area contributed by atoms with Gasteiger partial charge in [-0.3, -0.25) is 14.2 Å². The molecule has 0 saturated carbocycles. The lowest BCUT2D eigenvalue weighted by Gasteiger charge is -2.40. The number of fused-ring (bicyclic) bond motifs is 2. The van der Waals surface area contributed by atoms with Crippen LogP contribution in [0.5, 0.6) is 0 Å². The number of anilines is 2. The zero-order valence-electron chi connectivity index (χ0n) is 26.3. The summed E-state index contributed by atoms with van der Waals surface area (Å²) < 4.78 is 32.9. The summed E-state index contributed by atoms with van der Waals surface area (Å²) >= 11 is 0. The molecule has 7 rings (SSSR count). The second-order valence-corrected chi connectivity index (χ2v) is 13.4. The third-order valence-electron chi connectivity index (χ3n) is 10.3. The molecule has 45 heavy (non-hydrogen) atoms. The molecule has 10 nitrogen and oxygen atoms in total. The van der Waals surface area contributed by atoms with E-state index < -0.39 is 12.0 Å². The van der Waals surface area contributed by atoms with Gasteiger partial charge in [0.05, 0.1) is 24.4 Å². The smallest absolute Gasteiger partial charge is 0.264 e. The molecule has 6 heterocycles. The molecule has 2 aromatic heterocycles. The van der Waals surface area contributed by atoms with Crippen molar-refractivity contribution in [3.05, 3.63) is 46.9 Å². The van der Waals surface area contributed by atoms with Crippen LogP contribution in [0.3, 0.4) is 0 Å². The number of aromatic nitrogens is 4. The molecule has 2 saturated heterocycles. The van der Waals surface area contributed by atoms with Crippen LogP contribution in [0.4, 0.5) is 20.3 Å². The average molecular weight is 623 g/mol. The minimum absolute atomic E-state index is 0.00455. The Kier molecular flexibility index (Phi) is 8.16. The third kappa shape index (κ3) is 5.88. The number of benzene rings is 1. The highest BCUT2D eigenvalue weighted by atomic mass is 19.3. The second kappa shape index (κ2) is 12.1. The Hall–Kier alpha value is -3.35. The van der Waals surface area contributed by atoms with Crippen molar-refractivity contribution >= 4 is 17.4 Å². The summed E-state index contributed by atoms with van der Waals surface area (Å²) in [5.74, 6) is 0.821. The number of piperidine rings is 2. The highest BCUT2D eigenvalue weighted by Crippen LogP contribution is 2.43. The number of halogens is 2. The van der Waals surface area contributed by atoms with Crippen LogP contribution in [0.15, 0.2) is 24.5 Å². The Morgan fingerprint density at radius 2 is 1.91 bits per heavy atom. The molecule has 0 atom stereocenters. The number of amides is 1. The van der Waals surface area contributed by atoms with Crippen LogP contribution >= 0.6 is 0 Å². The molecular weight excluding hydrogens is 578 g/mol. The van der Waals surface area contributed by atoms with Crippen LogP contribution in [-0.4, -0.2) is 91.8 Å². The summed E-state index contributed by atoms with van der Waals surface area (Å²) in [6.07, 6.45) is 6.60. The predicted molar refractivity (Wildman–Crippen MR) is 168 cm³/mol. The van der Waals surface area contributed by atoms with Crippen molar-refractivity contribution in [3.8, 4) is 11.1 Å². The lowest BCUT2D eigenvalue weighted by molar-refractivity contribution is -0.129. The van der Waals surface area contributed by atoms with E-state index in [1.807, 2.05) is 11.0 Å². The maximum atomic E-state index is 14.6. The molecule has 242 valence electrons. The van der Waals surface area contributed by atoms with Gasteiger partial charge in [-0.15, -0.1) is 0 Å². The SMILES string of the molecule is CC(=O)N1CCc2c(c(N3CCCc4cc(-c5cnn(C)c5)c(C(F)F)cc43)nn2C2CCN(CC3(O)CCNCC3)CC2)C1. The van der Waals surface area contributed by atoms with Crippen molar-refractivity contribution in [1.29, 1.82) is 0 Å². The molecule has 12 heteroatoms. The third-order valence-corrected chi connectivity index (χ3v) is 10.3. The van der Waals surface area contributed by atoms with E-state index in [-0.39, 0.29) is 17.5 Å². The Labute approximate surface area is 263 Å². The molecule has 0 radical (unpaired) electrons. The van der Waals surface area contributed by atoms with E-state index in [1.165, 1.54) is 0 Å². The fraction of sp³-hybridized carbons (Fsp3) is 0.606. The Morgan fingerprint density at radius 1 is 1.13 bits per heavy atom. The van der Waals surface area contributed by atoms with Gasteiger partial charge in [-0.25, -0.2) is 8.78 Å². The quantitative estimate of drug-likeness (QED) is 0.430. The van der Waals surface area contributed by atoms with Gasteiger partial charge < -0.3 is 25.1 Å². The highest BCUT2D eigenvalue weighted by molar-refractivity contribution is 5.78. The lowest BCUT2D eigenvalue weighted by Crippen LogP contribution is -2.51. The number of aryl methyl sites for hydroxylation is 2. The predicted octanol–water partition coefficient (Wildman–Crippen LogP) is 3.96. The van der Waals surface area contributed by atoms with Gasteiger partial charge in [-0.05, 0) is 74.9 Å². The number of hydrogen-bond donors (Lipinski definition) is 2. The molecule has 0 aliphatic carbocycles. The average Bonchev–Trinajstić information content (AvgIpc) is 3.64. The molecule has 2 fully saturated rings. The van der Waals surface area contributed by atoms with Gasteiger partial charge >= 0.3 is 0 Å². The molecular formula is C33H44F2N8O2. The maximum absolute atomic E-state index is 14.6. The molecule has 0 spiro atoms. The van der Waals surface area contributed by atoms with Crippen molar-refractivity contribution in [2.75, 3.05) is 50.7 Å². The Balaban J connectivity index is 1.21. The van der Waals surface area contributed by atoms with E-state index in [9.17, 15) is 18.7 Å². The van der Waals surface area contributed by atoms with Crippen molar-refractivity contribution in [2.45, 2.75) is 76.5 Å². The monoisotopic (exact) mass is 622 g/mol. The second-order valence-electron chi connectivity index (χ2n) is 13.4. The molecule has 1 aromatic carbocycles. The first-order valence-electron chi connectivity index (χ1n) is 16.4. The first-order chi connectivity index (χ1) is 21.7. The van der Waals surface area contributed by atoms with E-state index in [4.69, 9.17) is 5.10 Å². The lowest BCUT2D eigenvalue weighted by atomic mass is 9.91. The molecule has 2 N–H and O–H groups in total. The van der Waals surface area contributed by atoms with Crippen molar-refractivity contribution in [1.82, 2.24) is 34.7 Å². The molecule has 4 aliphatic rings. The van der Waals surface area contributed by atoms with E-state index in [2.05, 4.69) is 24.9 Å². The fourth-order valence-corrected chi connectivity index (χ4v) is 7.86. The summed E-state index contributed by atoms with van der Waals surface area (Å²) in [6, 6.07) is 3.78. The van der Waals surface area contributed by atoms with Crippen LogP contribution in [0.1, 0.15) is 73.9 Å². The number of hydrogen-bond acceptors (Lipinski definition) is 7. The van der Waals surface area contributed by atoms with Crippen molar-refractivity contribution < 1.29 is 18.7 Å². The zero-order chi connectivity index (χ0) is 31.3. The number of alkyl halides is 2. The minimum atomic E-state index is -2.64. The topological polar surface area (TPSA) is 94.7 Å². The van der Waals surface area contributed by atoms with Crippen molar-refractivity contribution in [2.24, 2.45) is 7.05 Å². The van der Waals surface area contributed by atoms with E-state index in [0.717, 1.165) is 99.5 Å². The van der Waals surface area contributed by atoms with E-state index in [1.54, 1.807) is 37.1 Å². The maximum Gasteiger partial charge on any atom is 0.264 e. The Morgan fingerprint density at radius 3 is 2.60 bits per heavy atom. The zero-order valence-corrected chi connectivity index (χ0v) is 26.3. The number of β-amino-alcohol motifs (C(OH)–C–C–N with tert-alkyl or cyclic N) is 1. The number of aliphatic hydroxyl groups is 1. The van der Waals surface area contributed by atoms with E-state index >= 15 is 0 Å². The van der Waals surface area contributed by atoms with Gasteiger partial charge in [0, 0.05) is 87.4 Å². The summed E-state index contributed by atoms with van der Waals surface area (Å²) in [7, 11) is 1.79. The molecule has 4 aliphatic heterocycles. The van der Waals surface area contributed by atoms with Crippen LogP contribution in [0.2, 0.25) is 0 Å². The van der Waals surface area contributed by atoms with Crippen LogP contribution in [0.25, 0.3) is 11.1 Å². The summed E-state index contributed by atoms with van der Waals surface area (Å²) in [4.78, 5) is 18.9. The minimum Gasteiger partial charge on any atom is -0.388 e. The van der Waals surface area contributed by atoms with Crippen LogP contribution < -0.4 is 10.2 Å². The number of nitrogens with zero attached hydrogens (tertiary/aromatic N) is 7. The number of likely N-dealkylation sites (tertiary alicyclic amines) is 1. The van der Waals surface area contributed by atoms with Gasteiger partial charge in [0.1, 0.15) is 0 Å². The van der Waals surface area contributed by atoms with Gasteiger partial charge in [0.15, 0.2) is 5.82 Å². The van der Waals surface area contributed by atoms with Gasteiger partial charge in [-0.1, -0.05) is 0 Å². The van der Waals surface area contributed by atoms with E-state index in [0.29, 0.717) is 37.3 Å². The van der Waals surface area contributed by atoms with Crippen LogP contribution in [-0.2, 0) is 31.2 Å². The molecule has 0 bridgehead atoms. The largest absolute Gasteiger partial charge is 0.388 e. The summed E-state index contributed by atoms with van der Waals surface area (Å²) in [6.45, 7) is 7.61. The van der Waals surface area contributed by atoms with Gasteiger partial charge in [0.25, 0.3) is 6.43 Å². The van der Waals surface area contributed by atoms with Crippen molar-refractivity contribution in [3.63, 3.8) is 0 Å². The standard InChI is InChI=1S/C33H44F2N8O2/c1-22(44)41-15-7-29-28(20-41)32(38-43(29)25-5-13-40(14-6-25)21-33(45)8-10-36-11-9-33)42-12-3-4-23-16-26(24-18-37-39(2)19-24)27(31(34)35)17-30(23)42/h16-19,25,31,36,45H,3-15,20-21H2,1-2H3. The fourth-order valence-electron chi connectivity index (χ4n) is 7.86. The van der Waals surface area contributed by atoms with Gasteiger partial charge in [0.2, 0.25) is 5.91 Å². The summed E-state index contributed by atoms with van der Waals surface area (Å²) in [5.41, 5.74) is 4.58. The normalized spacial score (nSPS) is 20.8. The number of carbonyl (C=O) groups is 1. The van der Waals surface area contributed by atoms with Gasteiger partial charge in [-0.2, -0.15) is 10.2 Å². The van der Waals surface area contributed by atoms with Crippen LogP contribution in [0, 0.1) is 0 Å². The first kappa shape index (κ1) is 30.3.